The average Bonchev–Trinajstić information content (AvgIpc) is 2.75. The van der Waals surface area contributed by atoms with Gasteiger partial charge in [0.1, 0.15) is 0 Å². The van der Waals surface area contributed by atoms with E-state index in [4.69, 9.17) is 0 Å². The third-order valence-corrected chi connectivity index (χ3v) is 3.36. The van der Waals surface area contributed by atoms with Gasteiger partial charge < -0.3 is 15.5 Å². The molecule has 1 rings (SSSR count). The van der Waals surface area contributed by atoms with Crippen LogP contribution < -0.4 is 10.6 Å². The number of rotatable bonds is 6. The van der Waals surface area contributed by atoms with E-state index in [0.29, 0.717) is 18.5 Å². The Bertz CT molecular complexity index is 213. The van der Waals surface area contributed by atoms with Gasteiger partial charge >= 0.3 is 0 Å². The first-order valence-electron chi connectivity index (χ1n) is 6.26. The fraction of sp³-hybridized carbons (Fsp3) is 0.917. The molecule has 1 amide bonds. The van der Waals surface area contributed by atoms with Crippen molar-refractivity contribution in [2.45, 2.75) is 44.7 Å². The van der Waals surface area contributed by atoms with E-state index in [9.17, 15) is 4.79 Å². The summed E-state index contributed by atoms with van der Waals surface area (Å²) >= 11 is 0. The number of hydrogen-bond donors (Lipinski definition) is 2. The van der Waals surface area contributed by atoms with Crippen LogP contribution in [0.5, 0.6) is 0 Å². The van der Waals surface area contributed by atoms with E-state index < -0.39 is 0 Å². The summed E-state index contributed by atoms with van der Waals surface area (Å²) in [6.07, 6.45) is 4.10. The number of hydrogen-bond acceptors (Lipinski definition) is 3. The highest BCUT2D eigenvalue weighted by Crippen LogP contribution is 2.10. The fourth-order valence-electron chi connectivity index (χ4n) is 1.84. The molecule has 1 fully saturated rings. The minimum absolute atomic E-state index is 0. The third kappa shape index (κ3) is 8.14. The van der Waals surface area contributed by atoms with Crippen LogP contribution in [0, 0.1) is 0 Å². The topological polar surface area (TPSA) is 44.4 Å². The van der Waals surface area contributed by atoms with Crippen LogP contribution in [0.4, 0.5) is 0 Å². The highest BCUT2D eigenvalue weighted by molar-refractivity contribution is 5.85. The Morgan fingerprint density at radius 2 is 2.11 bits per heavy atom. The molecule has 1 aliphatic rings. The van der Waals surface area contributed by atoms with Crippen molar-refractivity contribution in [2.24, 2.45) is 0 Å². The van der Waals surface area contributed by atoms with E-state index in [1.54, 1.807) is 0 Å². The smallest absolute Gasteiger partial charge is 0.220 e. The molecule has 1 heterocycles. The second kappa shape index (κ2) is 10.9. The van der Waals surface area contributed by atoms with Gasteiger partial charge in [0, 0.05) is 25.0 Å². The summed E-state index contributed by atoms with van der Waals surface area (Å²) in [5.41, 5.74) is 0. The maximum absolute atomic E-state index is 11.6. The van der Waals surface area contributed by atoms with E-state index in [-0.39, 0.29) is 30.7 Å². The lowest BCUT2D eigenvalue weighted by molar-refractivity contribution is -0.121. The molecule has 2 atom stereocenters. The fourth-order valence-corrected chi connectivity index (χ4v) is 1.84. The quantitative estimate of drug-likeness (QED) is 0.780. The van der Waals surface area contributed by atoms with Gasteiger partial charge in [-0.05, 0) is 46.8 Å². The van der Waals surface area contributed by atoms with Crippen LogP contribution in [0.2, 0.25) is 0 Å². The lowest BCUT2D eigenvalue weighted by Crippen LogP contribution is -2.38. The molecule has 1 saturated heterocycles. The van der Waals surface area contributed by atoms with Gasteiger partial charge in [-0.3, -0.25) is 4.79 Å². The van der Waals surface area contributed by atoms with Crippen LogP contribution >= 0.6 is 24.8 Å². The van der Waals surface area contributed by atoms with Gasteiger partial charge in [0.25, 0.3) is 0 Å². The monoisotopic (exact) mass is 299 g/mol. The first kappa shape index (κ1) is 20.3. The molecule has 1 aliphatic heterocycles. The molecule has 0 aromatic carbocycles. The van der Waals surface area contributed by atoms with Crippen molar-refractivity contribution in [1.82, 2.24) is 15.5 Å². The zero-order valence-electron chi connectivity index (χ0n) is 11.6. The largest absolute Gasteiger partial charge is 0.355 e. The Labute approximate surface area is 123 Å². The predicted octanol–water partition coefficient (Wildman–Crippen LogP) is 1.43. The Kier molecular flexibility index (Phi) is 12.2. The molecule has 0 radical (unpaired) electrons. The van der Waals surface area contributed by atoms with Crippen molar-refractivity contribution in [3.05, 3.63) is 0 Å². The normalized spacial score (nSPS) is 19.9. The van der Waals surface area contributed by atoms with Crippen LogP contribution in [-0.2, 0) is 4.79 Å². The summed E-state index contributed by atoms with van der Waals surface area (Å²) in [7, 11) is 4.05. The van der Waals surface area contributed by atoms with E-state index in [2.05, 4.69) is 22.5 Å². The van der Waals surface area contributed by atoms with Gasteiger partial charge in [-0.2, -0.15) is 0 Å². The number of amides is 1. The number of carbonyl (C=O) groups is 1. The predicted molar refractivity (Wildman–Crippen MR) is 80.9 cm³/mol. The zero-order chi connectivity index (χ0) is 12.0. The Hall–Kier alpha value is -0.0300. The van der Waals surface area contributed by atoms with Crippen molar-refractivity contribution < 1.29 is 4.79 Å². The minimum Gasteiger partial charge on any atom is -0.355 e. The van der Waals surface area contributed by atoms with Crippen LogP contribution in [0.25, 0.3) is 0 Å². The van der Waals surface area contributed by atoms with Crippen LogP contribution in [-0.4, -0.2) is 50.1 Å². The maximum Gasteiger partial charge on any atom is 0.220 e. The second-order valence-electron chi connectivity index (χ2n) is 4.95. The van der Waals surface area contributed by atoms with E-state index in [1.807, 2.05) is 14.1 Å². The van der Waals surface area contributed by atoms with Crippen molar-refractivity contribution in [2.75, 3.05) is 27.2 Å². The summed E-state index contributed by atoms with van der Waals surface area (Å²) in [5.74, 6) is 0.183. The minimum atomic E-state index is 0. The Balaban J connectivity index is 0. The number of nitrogens with one attached hydrogen (secondary N) is 2. The molecule has 0 bridgehead atoms. The number of likely N-dealkylation sites (N-methyl/N-ethyl adjacent to an activating group) is 1. The first-order chi connectivity index (χ1) is 7.59. The van der Waals surface area contributed by atoms with Crippen LogP contribution in [0.3, 0.4) is 0 Å². The molecular formula is C12H27Cl2N3O. The average molecular weight is 300 g/mol. The summed E-state index contributed by atoms with van der Waals surface area (Å²) < 4.78 is 0. The molecule has 0 saturated carbocycles. The number of halogens is 2. The van der Waals surface area contributed by atoms with E-state index in [1.165, 1.54) is 12.8 Å². The molecule has 2 N–H and O–H groups in total. The van der Waals surface area contributed by atoms with Gasteiger partial charge in [-0.15, -0.1) is 24.8 Å². The lowest BCUT2D eigenvalue weighted by atomic mass is 10.1. The van der Waals surface area contributed by atoms with Gasteiger partial charge in [-0.1, -0.05) is 0 Å². The molecule has 0 aliphatic carbocycles. The summed E-state index contributed by atoms with van der Waals surface area (Å²) in [6, 6.07) is 0.963. The lowest BCUT2D eigenvalue weighted by Gasteiger charge is -2.20. The van der Waals surface area contributed by atoms with Gasteiger partial charge in [-0.25, -0.2) is 0 Å². The van der Waals surface area contributed by atoms with E-state index in [0.717, 1.165) is 19.5 Å². The van der Waals surface area contributed by atoms with Crippen molar-refractivity contribution in [1.29, 1.82) is 0 Å². The highest BCUT2D eigenvalue weighted by atomic mass is 35.5. The van der Waals surface area contributed by atoms with Crippen molar-refractivity contribution >= 4 is 30.7 Å². The van der Waals surface area contributed by atoms with Crippen molar-refractivity contribution in [3.8, 4) is 0 Å². The molecule has 0 spiro atoms. The first-order valence-corrected chi connectivity index (χ1v) is 6.26. The van der Waals surface area contributed by atoms with Gasteiger partial charge in [0.2, 0.25) is 5.91 Å². The second-order valence-corrected chi connectivity index (χ2v) is 4.95. The molecule has 0 aromatic rings. The summed E-state index contributed by atoms with van der Waals surface area (Å²) in [5, 5.41) is 6.39. The molecule has 6 heteroatoms. The zero-order valence-corrected chi connectivity index (χ0v) is 13.2. The Morgan fingerprint density at radius 1 is 1.44 bits per heavy atom. The maximum atomic E-state index is 11.6. The van der Waals surface area contributed by atoms with Gasteiger partial charge in [0.15, 0.2) is 0 Å². The molecule has 0 aromatic heterocycles. The molecule has 110 valence electrons. The standard InChI is InChI=1S/C12H25N3O.2ClH/c1-10(15(2)3)9-14-12(16)7-6-11-5-4-8-13-11;;/h10-11,13H,4-9H2,1-3H3,(H,14,16);2*1H. The number of carbonyl (C=O) groups excluding carboxylic acids is 1. The molecular weight excluding hydrogens is 273 g/mol. The molecule has 4 nitrogen and oxygen atoms in total. The van der Waals surface area contributed by atoms with Crippen LogP contribution in [0.1, 0.15) is 32.6 Å². The molecule has 2 unspecified atom stereocenters. The summed E-state index contributed by atoms with van der Waals surface area (Å²) in [6.45, 7) is 3.96. The van der Waals surface area contributed by atoms with Crippen LogP contribution in [0.15, 0.2) is 0 Å². The third-order valence-electron chi connectivity index (χ3n) is 3.36. The SMILES string of the molecule is CC(CNC(=O)CCC1CCCN1)N(C)C.Cl.Cl. The molecule has 18 heavy (non-hydrogen) atoms. The highest BCUT2D eigenvalue weighted by Gasteiger charge is 2.15. The van der Waals surface area contributed by atoms with Crippen molar-refractivity contribution in [3.63, 3.8) is 0 Å². The summed E-state index contributed by atoms with van der Waals surface area (Å²) in [4.78, 5) is 13.7. The van der Waals surface area contributed by atoms with E-state index >= 15 is 0 Å². The van der Waals surface area contributed by atoms with Gasteiger partial charge in [0.05, 0.1) is 0 Å². The number of nitrogens with zero attached hydrogens (tertiary/aromatic N) is 1. The Morgan fingerprint density at radius 3 is 2.61 bits per heavy atom.